The number of carbonyl (C=O) groups excluding carboxylic acids is 1. The highest BCUT2D eigenvalue weighted by Crippen LogP contribution is 2.35. The molecular weight excluding hydrogens is 334 g/mol. The van der Waals surface area contributed by atoms with Crippen LogP contribution in [0.3, 0.4) is 0 Å². The number of hydrogen-bond acceptors (Lipinski definition) is 4. The smallest absolute Gasteiger partial charge is 0.324 e. The highest BCUT2D eigenvalue weighted by molar-refractivity contribution is 7.15. The number of thiazole rings is 1. The number of amides is 2. The lowest BCUT2D eigenvalue weighted by Gasteiger charge is -2.35. The fourth-order valence-corrected chi connectivity index (χ4v) is 4.19. The van der Waals surface area contributed by atoms with Gasteiger partial charge >= 0.3 is 6.03 Å². The number of hydrogen-bond donors (Lipinski definition) is 2. The van der Waals surface area contributed by atoms with Gasteiger partial charge in [0.15, 0.2) is 5.13 Å². The number of nitrogens with zero attached hydrogens (tertiary/aromatic N) is 2. The van der Waals surface area contributed by atoms with Crippen molar-refractivity contribution in [1.29, 1.82) is 0 Å². The van der Waals surface area contributed by atoms with Crippen LogP contribution in [-0.4, -0.2) is 34.2 Å². The maximum absolute atomic E-state index is 12.9. The van der Waals surface area contributed by atoms with E-state index in [0.717, 1.165) is 29.8 Å². The molecule has 1 aromatic heterocycles. The van der Waals surface area contributed by atoms with Crippen LogP contribution in [0, 0.1) is 13.8 Å². The molecule has 2 amide bonds. The second-order valence-corrected chi connectivity index (χ2v) is 7.67. The molecule has 6 heteroatoms. The Labute approximate surface area is 152 Å². The maximum atomic E-state index is 12.9. The third-order valence-corrected chi connectivity index (χ3v) is 5.76. The number of rotatable bonds is 5. The number of fused-ring (bicyclic) bond motifs is 1. The minimum Gasteiger partial charge on any atom is -0.396 e. The normalized spacial score (nSPS) is 16.4. The van der Waals surface area contributed by atoms with Crippen molar-refractivity contribution in [2.24, 2.45) is 0 Å². The Morgan fingerprint density at radius 1 is 1.40 bits per heavy atom. The Morgan fingerprint density at radius 3 is 2.92 bits per heavy atom. The Kier molecular flexibility index (Phi) is 5.71. The molecule has 0 unspecified atom stereocenters. The first kappa shape index (κ1) is 17.9. The average Bonchev–Trinajstić information content (AvgIpc) is 2.92. The van der Waals surface area contributed by atoms with Gasteiger partial charge in [-0.3, -0.25) is 5.32 Å². The number of carbonyl (C=O) groups is 1. The summed E-state index contributed by atoms with van der Waals surface area (Å²) in [6.45, 7) is 4.56. The molecule has 2 aromatic rings. The van der Waals surface area contributed by atoms with Crippen molar-refractivity contribution in [3.8, 4) is 0 Å². The summed E-state index contributed by atoms with van der Waals surface area (Å²) >= 11 is 1.50. The molecule has 3 rings (SSSR count). The van der Waals surface area contributed by atoms with Gasteiger partial charge in [0.2, 0.25) is 0 Å². The lowest BCUT2D eigenvalue weighted by Crippen LogP contribution is -2.40. The van der Waals surface area contributed by atoms with Crippen LogP contribution in [0.4, 0.5) is 9.93 Å². The third kappa shape index (κ3) is 4.02. The molecule has 134 valence electrons. The molecule has 0 saturated carbocycles. The number of benzene rings is 1. The van der Waals surface area contributed by atoms with E-state index in [-0.39, 0.29) is 18.7 Å². The zero-order chi connectivity index (χ0) is 17.8. The molecule has 0 aliphatic heterocycles. The fourth-order valence-electron chi connectivity index (χ4n) is 3.38. The Balaban J connectivity index is 1.83. The van der Waals surface area contributed by atoms with Crippen LogP contribution in [0.2, 0.25) is 0 Å². The predicted molar refractivity (Wildman–Crippen MR) is 101 cm³/mol. The summed E-state index contributed by atoms with van der Waals surface area (Å²) < 4.78 is 0. The summed E-state index contributed by atoms with van der Waals surface area (Å²) in [6.07, 6.45) is 3.65. The predicted octanol–water partition coefficient (Wildman–Crippen LogP) is 4.05. The highest BCUT2D eigenvalue weighted by atomic mass is 32.1. The number of nitrogens with one attached hydrogen (secondary N) is 1. The molecule has 1 aromatic carbocycles. The quantitative estimate of drug-likeness (QED) is 0.846. The van der Waals surface area contributed by atoms with Crippen molar-refractivity contribution in [2.75, 3.05) is 18.5 Å². The summed E-state index contributed by atoms with van der Waals surface area (Å²) in [5.41, 5.74) is 3.50. The minimum absolute atomic E-state index is 0.0543. The van der Waals surface area contributed by atoms with Crippen LogP contribution in [-0.2, 0) is 6.42 Å². The van der Waals surface area contributed by atoms with Crippen LogP contribution >= 0.6 is 11.3 Å². The number of aromatic nitrogens is 1. The van der Waals surface area contributed by atoms with E-state index >= 15 is 0 Å². The van der Waals surface area contributed by atoms with Gasteiger partial charge in [0.25, 0.3) is 0 Å². The lowest BCUT2D eigenvalue weighted by atomic mass is 9.87. The molecule has 5 nitrogen and oxygen atoms in total. The zero-order valence-corrected chi connectivity index (χ0v) is 15.6. The van der Waals surface area contributed by atoms with Gasteiger partial charge in [-0.15, -0.1) is 11.3 Å². The molecule has 0 fully saturated rings. The van der Waals surface area contributed by atoms with Gasteiger partial charge in [-0.1, -0.05) is 24.3 Å². The van der Waals surface area contributed by atoms with Crippen molar-refractivity contribution in [3.63, 3.8) is 0 Å². The largest absolute Gasteiger partial charge is 0.396 e. The second kappa shape index (κ2) is 7.97. The van der Waals surface area contributed by atoms with Crippen LogP contribution < -0.4 is 5.32 Å². The molecule has 25 heavy (non-hydrogen) atoms. The van der Waals surface area contributed by atoms with E-state index in [9.17, 15) is 9.90 Å². The monoisotopic (exact) mass is 359 g/mol. The van der Waals surface area contributed by atoms with Gasteiger partial charge in [0.1, 0.15) is 0 Å². The van der Waals surface area contributed by atoms with Crippen molar-refractivity contribution < 1.29 is 9.90 Å². The number of aliphatic hydroxyl groups excluding tert-OH is 1. The van der Waals surface area contributed by atoms with Gasteiger partial charge in [-0.2, -0.15) is 0 Å². The van der Waals surface area contributed by atoms with Crippen molar-refractivity contribution in [1.82, 2.24) is 9.88 Å². The molecule has 0 spiro atoms. The van der Waals surface area contributed by atoms with E-state index in [1.165, 1.54) is 22.5 Å². The minimum atomic E-state index is -0.135. The molecule has 0 radical (unpaired) electrons. The maximum Gasteiger partial charge on any atom is 0.324 e. The topological polar surface area (TPSA) is 65.5 Å². The van der Waals surface area contributed by atoms with E-state index < -0.39 is 0 Å². The highest BCUT2D eigenvalue weighted by Gasteiger charge is 2.29. The fraction of sp³-hybridized carbons (Fsp3) is 0.474. The summed E-state index contributed by atoms with van der Waals surface area (Å²) in [7, 11) is 0. The van der Waals surface area contributed by atoms with Crippen molar-refractivity contribution in [3.05, 3.63) is 46.0 Å². The van der Waals surface area contributed by atoms with Gasteiger partial charge in [0.05, 0.1) is 11.7 Å². The van der Waals surface area contributed by atoms with E-state index in [1.807, 2.05) is 24.8 Å². The van der Waals surface area contributed by atoms with E-state index in [0.29, 0.717) is 18.1 Å². The van der Waals surface area contributed by atoms with Crippen molar-refractivity contribution >= 4 is 22.5 Å². The molecule has 2 N–H and O–H groups in total. The molecule has 1 atom stereocenters. The van der Waals surface area contributed by atoms with E-state index in [1.54, 1.807) is 0 Å². The Bertz CT molecular complexity index is 725. The van der Waals surface area contributed by atoms with E-state index in [2.05, 4.69) is 28.5 Å². The van der Waals surface area contributed by atoms with E-state index in [4.69, 9.17) is 0 Å². The third-order valence-electron chi connectivity index (χ3n) is 4.77. The molecule has 1 aliphatic carbocycles. The summed E-state index contributed by atoms with van der Waals surface area (Å²) in [4.78, 5) is 20.3. The Morgan fingerprint density at radius 2 is 2.20 bits per heavy atom. The number of urea groups is 1. The average molecular weight is 359 g/mol. The molecule has 1 aliphatic rings. The zero-order valence-electron chi connectivity index (χ0n) is 14.8. The summed E-state index contributed by atoms with van der Waals surface area (Å²) in [5.74, 6) is 0. The SMILES string of the molecule is Cc1nc(NC(=O)N(CCCO)[C@@H]2CCCc3ccccc32)sc1C. The molecule has 0 bridgehead atoms. The van der Waals surface area contributed by atoms with Crippen LogP contribution in [0.5, 0.6) is 0 Å². The van der Waals surface area contributed by atoms with Gasteiger partial charge in [-0.05, 0) is 50.7 Å². The van der Waals surface area contributed by atoms with Crippen LogP contribution in [0.15, 0.2) is 24.3 Å². The van der Waals surface area contributed by atoms with Crippen LogP contribution in [0.1, 0.15) is 47.0 Å². The first-order valence-corrected chi connectivity index (χ1v) is 9.62. The first-order chi connectivity index (χ1) is 12.1. The van der Waals surface area contributed by atoms with Gasteiger partial charge < -0.3 is 10.0 Å². The summed E-state index contributed by atoms with van der Waals surface area (Å²) in [6, 6.07) is 8.28. The molecular formula is C19H25N3O2S. The standard InChI is InChI=1S/C19H25N3O2S/c1-13-14(2)25-18(20-13)21-19(24)22(11-6-12-23)17-10-5-8-15-7-3-4-9-16(15)17/h3-4,7,9,17,23H,5-6,8,10-12H2,1-2H3,(H,20,21,24)/t17-/m1/s1. The van der Waals surface area contributed by atoms with Crippen molar-refractivity contribution in [2.45, 2.75) is 45.6 Å². The number of aryl methyl sites for hydroxylation is 3. The lowest BCUT2D eigenvalue weighted by molar-refractivity contribution is 0.169. The number of anilines is 1. The number of aliphatic hydroxyl groups is 1. The molecule has 0 saturated heterocycles. The second-order valence-electron chi connectivity index (χ2n) is 6.47. The van der Waals surface area contributed by atoms with Crippen LogP contribution in [0.25, 0.3) is 0 Å². The van der Waals surface area contributed by atoms with Gasteiger partial charge in [-0.25, -0.2) is 9.78 Å². The summed E-state index contributed by atoms with van der Waals surface area (Å²) in [5, 5.41) is 12.8. The van der Waals surface area contributed by atoms with Gasteiger partial charge in [0, 0.05) is 18.0 Å². The Hall–Kier alpha value is -1.92. The molecule has 1 heterocycles. The first-order valence-electron chi connectivity index (χ1n) is 8.80.